The molecule has 0 aliphatic carbocycles. The minimum absolute atomic E-state index is 0.0618. The lowest BCUT2D eigenvalue weighted by Crippen LogP contribution is -2.42. The van der Waals surface area contributed by atoms with E-state index < -0.39 is 0 Å². The van der Waals surface area contributed by atoms with E-state index in [-0.39, 0.29) is 11.9 Å². The van der Waals surface area contributed by atoms with Crippen LogP contribution in [0.2, 0.25) is 0 Å². The van der Waals surface area contributed by atoms with Crippen LogP contribution in [0.1, 0.15) is 28.8 Å². The molecule has 1 saturated heterocycles. The molecule has 1 aliphatic heterocycles. The molecule has 0 unspecified atom stereocenters. The second-order valence-corrected chi connectivity index (χ2v) is 6.82. The van der Waals surface area contributed by atoms with Gasteiger partial charge in [-0.05, 0) is 55.8 Å². The summed E-state index contributed by atoms with van der Waals surface area (Å²) in [5.74, 6) is 0.556. The van der Waals surface area contributed by atoms with Gasteiger partial charge in [0.25, 0.3) is 5.91 Å². The highest BCUT2D eigenvalue weighted by molar-refractivity contribution is 9.10. The third-order valence-corrected chi connectivity index (χ3v) is 4.64. The zero-order chi connectivity index (χ0) is 16.8. The first-order chi connectivity index (χ1) is 11.7. The fraction of sp³-hybridized carbons (Fsp3) is 0.316. The maximum absolute atomic E-state index is 12.6. The SMILES string of the molecule is O=C(NC1CCNCC1)c1ccccc1OCc1ccc(Br)cc1. The van der Waals surface area contributed by atoms with Crippen molar-refractivity contribution in [3.8, 4) is 5.75 Å². The van der Waals surface area contributed by atoms with Crippen LogP contribution in [0.5, 0.6) is 5.75 Å². The molecule has 5 heteroatoms. The molecule has 0 bridgehead atoms. The second-order valence-electron chi connectivity index (χ2n) is 5.91. The Bertz CT molecular complexity index is 682. The van der Waals surface area contributed by atoms with Crippen LogP contribution >= 0.6 is 15.9 Å². The molecule has 1 aliphatic rings. The minimum Gasteiger partial charge on any atom is -0.488 e. The Morgan fingerprint density at radius 2 is 1.83 bits per heavy atom. The van der Waals surface area contributed by atoms with E-state index in [2.05, 4.69) is 26.6 Å². The third-order valence-electron chi connectivity index (χ3n) is 4.11. The number of rotatable bonds is 5. The van der Waals surface area contributed by atoms with Gasteiger partial charge in [0.2, 0.25) is 0 Å². The van der Waals surface area contributed by atoms with Gasteiger partial charge in [-0.1, -0.05) is 40.2 Å². The summed E-state index contributed by atoms with van der Waals surface area (Å²) < 4.78 is 6.92. The maximum Gasteiger partial charge on any atom is 0.255 e. The van der Waals surface area contributed by atoms with E-state index in [0.29, 0.717) is 17.9 Å². The lowest BCUT2D eigenvalue weighted by molar-refractivity contribution is 0.0925. The predicted molar refractivity (Wildman–Crippen MR) is 98.3 cm³/mol. The van der Waals surface area contributed by atoms with Crippen LogP contribution in [0, 0.1) is 0 Å². The molecular formula is C19H21BrN2O2. The molecular weight excluding hydrogens is 368 g/mol. The number of nitrogens with one attached hydrogen (secondary N) is 2. The number of hydrogen-bond donors (Lipinski definition) is 2. The van der Waals surface area contributed by atoms with E-state index in [1.165, 1.54) is 0 Å². The van der Waals surface area contributed by atoms with Gasteiger partial charge in [0.1, 0.15) is 12.4 Å². The number of halogens is 1. The summed E-state index contributed by atoms with van der Waals surface area (Å²) in [5, 5.41) is 6.42. The van der Waals surface area contributed by atoms with Crippen molar-refractivity contribution in [2.24, 2.45) is 0 Å². The molecule has 1 heterocycles. The molecule has 0 saturated carbocycles. The third kappa shape index (κ3) is 4.58. The molecule has 0 spiro atoms. The van der Waals surface area contributed by atoms with Gasteiger partial charge in [0.05, 0.1) is 5.56 Å². The molecule has 2 aromatic rings. The zero-order valence-corrected chi connectivity index (χ0v) is 15.0. The van der Waals surface area contributed by atoms with Gasteiger partial charge in [-0.2, -0.15) is 0 Å². The monoisotopic (exact) mass is 388 g/mol. The molecule has 3 rings (SSSR count). The molecule has 0 atom stereocenters. The van der Waals surface area contributed by atoms with Gasteiger partial charge >= 0.3 is 0 Å². The standard InChI is InChI=1S/C19H21BrN2O2/c20-15-7-5-14(6-8-15)13-24-18-4-2-1-3-17(18)19(23)22-16-9-11-21-12-10-16/h1-8,16,21H,9-13H2,(H,22,23). The van der Waals surface area contributed by atoms with Crippen LogP contribution in [0.3, 0.4) is 0 Å². The summed E-state index contributed by atoms with van der Waals surface area (Å²) in [6.45, 7) is 2.34. The Kier molecular flexibility index (Phi) is 5.88. The topological polar surface area (TPSA) is 50.4 Å². The molecule has 0 aromatic heterocycles. The number of para-hydroxylation sites is 1. The van der Waals surface area contributed by atoms with Gasteiger partial charge in [0.15, 0.2) is 0 Å². The normalized spacial score (nSPS) is 15.0. The van der Waals surface area contributed by atoms with E-state index in [9.17, 15) is 4.79 Å². The largest absolute Gasteiger partial charge is 0.488 e. The van der Waals surface area contributed by atoms with Gasteiger partial charge < -0.3 is 15.4 Å². The lowest BCUT2D eigenvalue weighted by atomic mass is 10.1. The molecule has 4 nitrogen and oxygen atoms in total. The first-order valence-electron chi connectivity index (χ1n) is 8.20. The van der Waals surface area contributed by atoms with Crippen molar-refractivity contribution in [3.63, 3.8) is 0 Å². The number of benzene rings is 2. The van der Waals surface area contributed by atoms with Crippen LogP contribution in [0.25, 0.3) is 0 Å². The summed E-state index contributed by atoms with van der Waals surface area (Å²) in [6.07, 6.45) is 1.93. The minimum atomic E-state index is -0.0618. The van der Waals surface area contributed by atoms with Crippen molar-refractivity contribution < 1.29 is 9.53 Å². The van der Waals surface area contributed by atoms with Gasteiger partial charge in [0, 0.05) is 10.5 Å². The Morgan fingerprint density at radius 1 is 1.12 bits per heavy atom. The van der Waals surface area contributed by atoms with Gasteiger partial charge in [-0.15, -0.1) is 0 Å². The van der Waals surface area contributed by atoms with Crippen molar-refractivity contribution in [2.75, 3.05) is 13.1 Å². The lowest BCUT2D eigenvalue weighted by Gasteiger charge is -2.24. The number of carbonyl (C=O) groups excluding carboxylic acids is 1. The summed E-state index contributed by atoms with van der Waals surface area (Å²) in [4.78, 5) is 12.6. The maximum atomic E-state index is 12.6. The van der Waals surface area contributed by atoms with Gasteiger partial charge in [-0.3, -0.25) is 4.79 Å². The summed E-state index contributed by atoms with van der Waals surface area (Å²) in [5.41, 5.74) is 1.65. The van der Waals surface area contributed by atoms with Crippen molar-refractivity contribution >= 4 is 21.8 Å². The second kappa shape index (κ2) is 8.31. The zero-order valence-electron chi connectivity index (χ0n) is 13.4. The molecule has 1 fully saturated rings. The molecule has 24 heavy (non-hydrogen) atoms. The van der Waals surface area contributed by atoms with Crippen molar-refractivity contribution in [3.05, 3.63) is 64.1 Å². The van der Waals surface area contributed by atoms with Gasteiger partial charge in [-0.25, -0.2) is 0 Å². The fourth-order valence-corrected chi connectivity index (χ4v) is 3.02. The first kappa shape index (κ1) is 17.0. The molecule has 1 amide bonds. The van der Waals surface area contributed by atoms with E-state index >= 15 is 0 Å². The number of ether oxygens (including phenoxy) is 1. The average Bonchev–Trinajstić information content (AvgIpc) is 2.62. The number of hydrogen-bond acceptors (Lipinski definition) is 3. The van der Waals surface area contributed by atoms with Crippen LogP contribution in [-0.2, 0) is 6.61 Å². The Balaban J connectivity index is 1.65. The first-order valence-corrected chi connectivity index (χ1v) is 8.99. The number of piperidine rings is 1. The van der Waals surface area contributed by atoms with Crippen LogP contribution in [0.15, 0.2) is 53.0 Å². The van der Waals surface area contributed by atoms with Crippen molar-refractivity contribution in [2.45, 2.75) is 25.5 Å². The highest BCUT2D eigenvalue weighted by atomic mass is 79.9. The van der Waals surface area contributed by atoms with Crippen molar-refractivity contribution in [1.29, 1.82) is 0 Å². The fourth-order valence-electron chi connectivity index (χ4n) is 2.75. The van der Waals surface area contributed by atoms with Crippen LogP contribution < -0.4 is 15.4 Å². The molecule has 0 radical (unpaired) electrons. The molecule has 126 valence electrons. The molecule has 2 aromatic carbocycles. The smallest absolute Gasteiger partial charge is 0.255 e. The summed E-state index contributed by atoms with van der Waals surface area (Å²) in [7, 11) is 0. The highest BCUT2D eigenvalue weighted by Gasteiger charge is 2.18. The average molecular weight is 389 g/mol. The van der Waals surface area contributed by atoms with E-state index in [4.69, 9.17) is 4.74 Å². The summed E-state index contributed by atoms with van der Waals surface area (Å²) >= 11 is 3.42. The van der Waals surface area contributed by atoms with E-state index in [0.717, 1.165) is 36.0 Å². The Morgan fingerprint density at radius 3 is 2.58 bits per heavy atom. The quantitative estimate of drug-likeness (QED) is 0.823. The Hall–Kier alpha value is -1.85. The predicted octanol–water partition coefficient (Wildman–Crippen LogP) is 3.51. The van der Waals surface area contributed by atoms with Crippen LogP contribution in [0.4, 0.5) is 0 Å². The highest BCUT2D eigenvalue weighted by Crippen LogP contribution is 2.20. The molecule has 2 N–H and O–H groups in total. The number of carbonyl (C=O) groups is 1. The van der Waals surface area contributed by atoms with Crippen LogP contribution in [-0.4, -0.2) is 25.0 Å². The van der Waals surface area contributed by atoms with E-state index in [1.807, 2.05) is 48.5 Å². The number of amides is 1. The Labute approximate surface area is 150 Å². The van der Waals surface area contributed by atoms with Crippen molar-refractivity contribution in [1.82, 2.24) is 10.6 Å². The summed E-state index contributed by atoms with van der Waals surface area (Å²) in [6, 6.07) is 15.6. The van der Waals surface area contributed by atoms with E-state index in [1.54, 1.807) is 0 Å².